The Hall–Kier alpha value is -0.0400. The van der Waals surface area contributed by atoms with Crippen molar-refractivity contribution in [3.05, 3.63) is 0 Å². The van der Waals surface area contributed by atoms with Crippen LogP contribution in [-0.4, -0.2) is 12.2 Å². The van der Waals surface area contributed by atoms with Crippen LogP contribution in [-0.2, 0) is 4.74 Å². The minimum atomic E-state index is 0.546. The minimum Gasteiger partial charge on any atom is -0.375 e. The van der Waals surface area contributed by atoms with Gasteiger partial charge in [-0.2, -0.15) is 0 Å². The summed E-state index contributed by atoms with van der Waals surface area (Å²) in [6.07, 6.45) is 15.9. The Morgan fingerprint density at radius 2 is 1.56 bits per heavy atom. The summed E-state index contributed by atoms with van der Waals surface area (Å²) in [5.41, 5.74) is 0. The molecule has 1 fully saturated rings. The topological polar surface area (TPSA) is 9.23 Å². The molecular formula is C15H30O. The van der Waals surface area contributed by atoms with Crippen LogP contribution in [0.3, 0.4) is 0 Å². The Labute approximate surface area is 102 Å². The van der Waals surface area contributed by atoms with E-state index in [2.05, 4.69) is 13.8 Å². The minimum absolute atomic E-state index is 0.546. The lowest BCUT2D eigenvalue weighted by Gasteiger charge is -2.23. The second-order valence-corrected chi connectivity index (χ2v) is 5.28. The van der Waals surface area contributed by atoms with Crippen molar-refractivity contribution in [2.24, 2.45) is 0 Å². The maximum atomic E-state index is 6.27. The van der Waals surface area contributed by atoms with E-state index in [1.165, 1.54) is 70.6 Å². The van der Waals surface area contributed by atoms with E-state index in [1.54, 1.807) is 0 Å². The van der Waals surface area contributed by atoms with Gasteiger partial charge in [0.2, 0.25) is 0 Å². The molecule has 1 saturated heterocycles. The van der Waals surface area contributed by atoms with Gasteiger partial charge in [0, 0.05) is 0 Å². The Kier molecular flexibility index (Phi) is 7.92. The molecule has 0 spiro atoms. The Bertz CT molecular complexity index is 156. The van der Waals surface area contributed by atoms with Crippen molar-refractivity contribution in [3.63, 3.8) is 0 Å². The molecule has 1 aliphatic heterocycles. The quantitative estimate of drug-likeness (QED) is 0.594. The van der Waals surface area contributed by atoms with Crippen LogP contribution in [0.2, 0.25) is 0 Å². The lowest BCUT2D eigenvalue weighted by atomic mass is 10.0. The monoisotopic (exact) mass is 226 g/mol. The van der Waals surface area contributed by atoms with E-state index >= 15 is 0 Å². The van der Waals surface area contributed by atoms with Crippen LogP contribution in [0.1, 0.15) is 84.5 Å². The fraction of sp³-hybridized carbons (Fsp3) is 1.00. The fourth-order valence-corrected chi connectivity index (χ4v) is 2.64. The first-order valence-electron chi connectivity index (χ1n) is 7.52. The highest BCUT2D eigenvalue weighted by molar-refractivity contribution is 4.66. The van der Waals surface area contributed by atoms with Gasteiger partial charge >= 0.3 is 0 Å². The van der Waals surface area contributed by atoms with Gasteiger partial charge in [-0.05, 0) is 25.7 Å². The van der Waals surface area contributed by atoms with Gasteiger partial charge in [-0.1, -0.05) is 58.8 Å². The molecule has 0 unspecified atom stereocenters. The fourth-order valence-electron chi connectivity index (χ4n) is 2.64. The highest BCUT2D eigenvalue weighted by Gasteiger charge is 2.16. The first-order chi connectivity index (χ1) is 7.86. The molecule has 0 aromatic carbocycles. The average Bonchev–Trinajstić information content (AvgIpc) is 2.41. The third-order valence-electron chi connectivity index (χ3n) is 3.77. The van der Waals surface area contributed by atoms with Crippen molar-refractivity contribution in [1.82, 2.24) is 0 Å². The molecule has 1 rings (SSSR count). The number of ether oxygens (including phenoxy) is 1. The first kappa shape index (κ1) is 14.0. The molecule has 1 heterocycles. The standard InChI is InChI=1S/C15H30O/c1-3-5-8-12-15-13-10-7-6-9-11-14(4-2)16-15/h14-15H,3-13H2,1-2H3/t14-,15+/m1/s1. The van der Waals surface area contributed by atoms with E-state index < -0.39 is 0 Å². The molecular weight excluding hydrogens is 196 g/mol. The zero-order chi connectivity index (χ0) is 11.6. The van der Waals surface area contributed by atoms with E-state index in [9.17, 15) is 0 Å². The highest BCUT2D eigenvalue weighted by Crippen LogP contribution is 2.22. The average molecular weight is 226 g/mol. The van der Waals surface area contributed by atoms with Gasteiger partial charge in [-0.15, -0.1) is 0 Å². The predicted molar refractivity (Wildman–Crippen MR) is 70.8 cm³/mol. The molecule has 0 radical (unpaired) electrons. The lowest BCUT2D eigenvalue weighted by Crippen LogP contribution is -2.21. The molecule has 16 heavy (non-hydrogen) atoms. The second kappa shape index (κ2) is 9.04. The molecule has 0 aromatic heterocycles. The number of rotatable bonds is 5. The van der Waals surface area contributed by atoms with Crippen LogP contribution in [0.4, 0.5) is 0 Å². The molecule has 1 heteroatoms. The molecule has 2 atom stereocenters. The summed E-state index contributed by atoms with van der Waals surface area (Å²) < 4.78 is 6.27. The maximum absolute atomic E-state index is 6.27. The molecule has 1 aliphatic rings. The van der Waals surface area contributed by atoms with E-state index in [4.69, 9.17) is 4.74 Å². The van der Waals surface area contributed by atoms with Gasteiger partial charge in [0.25, 0.3) is 0 Å². The van der Waals surface area contributed by atoms with Gasteiger partial charge in [0.05, 0.1) is 12.2 Å². The summed E-state index contributed by atoms with van der Waals surface area (Å²) >= 11 is 0. The Balaban J connectivity index is 2.31. The molecule has 0 amide bonds. The molecule has 0 N–H and O–H groups in total. The van der Waals surface area contributed by atoms with Crippen LogP contribution in [0.15, 0.2) is 0 Å². The normalized spacial score (nSPS) is 28.1. The van der Waals surface area contributed by atoms with Crippen LogP contribution in [0.5, 0.6) is 0 Å². The highest BCUT2D eigenvalue weighted by atomic mass is 16.5. The third-order valence-corrected chi connectivity index (χ3v) is 3.77. The molecule has 0 saturated carbocycles. The van der Waals surface area contributed by atoms with Gasteiger partial charge in [0.1, 0.15) is 0 Å². The molecule has 0 aromatic rings. The van der Waals surface area contributed by atoms with Crippen molar-refractivity contribution >= 4 is 0 Å². The van der Waals surface area contributed by atoms with E-state index in [0.717, 1.165) is 0 Å². The third kappa shape index (κ3) is 5.89. The zero-order valence-electron chi connectivity index (χ0n) is 11.3. The Morgan fingerprint density at radius 3 is 2.19 bits per heavy atom. The van der Waals surface area contributed by atoms with Crippen LogP contribution in [0, 0.1) is 0 Å². The molecule has 1 nitrogen and oxygen atoms in total. The van der Waals surface area contributed by atoms with E-state index in [0.29, 0.717) is 12.2 Å². The van der Waals surface area contributed by atoms with Crippen molar-refractivity contribution in [3.8, 4) is 0 Å². The van der Waals surface area contributed by atoms with E-state index in [-0.39, 0.29) is 0 Å². The molecule has 96 valence electrons. The predicted octanol–water partition coefficient (Wildman–Crippen LogP) is 5.08. The zero-order valence-corrected chi connectivity index (χ0v) is 11.3. The largest absolute Gasteiger partial charge is 0.375 e. The molecule has 0 aliphatic carbocycles. The number of hydrogen-bond acceptors (Lipinski definition) is 1. The van der Waals surface area contributed by atoms with Gasteiger partial charge in [-0.3, -0.25) is 0 Å². The second-order valence-electron chi connectivity index (χ2n) is 5.28. The van der Waals surface area contributed by atoms with Crippen molar-refractivity contribution < 1.29 is 4.74 Å². The number of hydrogen-bond donors (Lipinski definition) is 0. The van der Waals surface area contributed by atoms with Gasteiger partial charge in [-0.25, -0.2) is 0 Å². The van der Waals surface area contributed by atoms with Gasteiger partial charge in [0.15, 0.2) is 0 Å². The van der Waals surface area contributed by atoms with Crippen LogP contribution in [0.25, 0.3) is 0 Å². The summed E-state index contributed by atoms with van der Waals surface area (Å²) in [5, 5.41) is 0. The van der Waals surface area contributed by atoms with E-state index in [1.807, 2.05) is 0 Å². The van der Waals surface area contributed by atoms with Crippen molar-refractivity contribution in [2.75, 3.05) is 0 Å². The molecule has 0 bridgehead atoms. The van der Waals surface area contributed by atoms with Crippen LogP contribution < -0.4 is 0 Å². The smallest absolute Gasteiger partial charge is 0.0578 e. The summed E-state index contributed by atoms with van der Waals surface area (Å²) in [6, 6.07) is 0. The summed E-state index contributed by atoms with van der Waals surface area (Å²) in [7, 11) is 0. The number of unbranched alkanes of at least 4 members (excludes halogenated alkanes) is 2. The van der Waals surface area contributed by atoms with Crippen molar-refractivity contribution in [1.29, 1.82) is 0 Å². The SMILES string of the molecule is CCCCC[C@H]1CCCCCC[C@@H](CC)O1. The maximum Gasteiger partial charge on any atom is 0.0578 e. The summed E-state index contributed by atoms with van der Waals surface area (Å²) in [5.74, 6) is 0. The van der Waals surface area contributed by atoms with Crippen LogP contribution >= 0.6 is 0 Å². The Morgan fingerprint density at radius 1 is 0.875 bits per heavy atom. The first-order valence-corrected chi connectivity index (χ1v) is 7.52. The summed E-state index contributed by atoms with van der Waals surface area (Å²) in [6.45, 7) is 4.55. The van der Waals surface area contributed by atoms with Gasteiger partial charge < -0.3 is 4.74 Å². The van der Waals surface area contributed by atoms with Crippen molar-refractivity contribution in [2.45, 2.75) is 96.7 Å². The lowest BCUT2D eigenvalue weighted by molar-refractivity contribution is -0.0258. The summed E-state index contributed by atoms with van der Waals surface area (Å²) in [4.78, 5) is 0.